The summed E-state index contributed by atoms with van der Waals surface area (Å²) >= 11 is 3.44. The molecule has 0 bridgehead atoms. The van der Waals surface area contributed by atoms with Gasteiger partial charge >= 0.3 is 5.97 Å². The SMILES string of the molecule is O=C(O)C1CCN(C(=O)C2(c3ccc(Br)cc3)CCCC2)C1. The molecule has 0 radical (unpaired) electrons. The fourth-order valence-electron chi connectivity index (χ4n) is 3.82. The number of rotatable bonds is 3. The fourth-order valence-corrected chi connectivity index (χ4v) is 4.09. The third-order valence-corrected chi connectivity index (χ3v) is 5.62. The Morgan fingerprint density at radius 1 is 1.18 bits per heavy atom. The molecule has 1 atom stereocenters. The van der Waals surface area contributed by atoms with Gasteiger partial charge in [-0.15, -0.1) is 0 Å². The maximum Gasteiger partial charge on any atom is 0.308 e. The van der Waals surface area contributed by atoms with Crippen LogP contribution in [0.25, 0.3) is 0 Å². The molecule has 1 heterocycles. The standard InChI is InChI=1S/C17H20BrNO3/c18-14-5-3-13(4-6-14)17(8-1-2-9-17)16(22)19-10-7-12(11-19)15(20)21/h3-6,12H,1-2,7-11H2,(H,20,21). The number of carboxylic acids is 1. The summed E-state index contributed by atoms with van der Waals surface area (Å²) in [7, 11) is 0. The normalized spacial score (nSPS) is 23.7. The Kier molecular flexibility index (Phi) is 4.26. The van der Waals surface area contributed by atoms with E-state index in [9.17, 15) is 9.59 Å². The third-order valence-electron chi connectivity index (χ3n) is 5.09. The van der Waals surface area contributed by atoms with Crippen LogP contribution in [0.1, 0.15) is 37.7 Å². The number of hydrogen-bond acceptors (Lipinski definition) is 2. The molecule has 1 amide bonds. The maximum atomic E-state index is 13.1. The zero-order valence-electron chi connectivity index (χ0n) is 12.4. The highest BCUT2D eigenvalue weighted by molar-refractivity contribution is 9.10. The van der Waals surface area contributed by atoms with Crippen molar-refractivity contribution in [3.8, 4) is 0 Å². The van der Waals surface area contributed by atoms with Crippen LogP contribution in [0, 0.1) is 5.92 Å². The molecule has 2 fully saturated rings. The number of likely N-dealkylation sites (tertiary alicyclic amines) is 1. The van der Waals surface area contributed by atoms with E-state index in [0.717, 1.165) is 35.7 Å². The minimum absolute atomic E-state index is 0.121. The quantitative estimate of drug-likeness (QED) is 0.894. The Balaban J connectivity index is 1.86. The molecule has 1 saturated carbocycles. The molecule has 4 nitrogen and oxygen atoms in total. The van der Waals surface area contributed by atoms with Gasteiger partial charge in [-0.3, -0.25) is 9.59 Å². The fraction of sp³-hybridized carbons (Fsp3) is 0.529. The van der Waals surface area contributed by atoms with Crippen LogP contribution < -0.4 is 0 Å². The van der Waals surface area contributed by atoms with Gasteiger partial charge in [0.05, 0.1) is 11.3 Å². The molecule has 3 rings (SSSR count). The predicted molar refractivity (Wildman–Crippen MR) is 86.6 cm³/mol. The number of amides is 1. The lowest BCUT2D eigenvalue weighted by atomic mass is 9.77. The Hall–Kier alpha value is -1.36. The first-order valence-corrected chi connectivity index (χ1v) is 8.60. The van der Waals surface area contributed by atoms with Crippen molar-refractivity contribution in [1.82, 2.24) is 4.90 Å². The lowest BCUT2D eigenvalue weighted by molar-refractivity contribution is -0.142. The van der Waals surface area contributed by atoms with Gasteiger partial charge in [0.15, 0.2) is 0 Å². The average molecular weight is 366 g/mol. The van der Waals surface area contributed by atoms with Crippen molar-refractivity contribution in [2.24, 2.45) is 5.92 Å². The van der Waals surface area contributed by atoms with Gasteiger partial charge in [-0.05, 0) is 37.0 Å². The number of halogens is 1. The van der Waals surface area contributed by atoms with Crippen LogP contribution in [0.15, 0.2) is 28.7 Å². The summed E-state index contributed by atoms with van der Waals surface area (Å²) < 4.78 is 1.00. The summed E-state index contributed by atoms with van der Waals surface area (Å²) in [5.74, 6) is -1.08. The molecule has 118 valence electrons. The van der Waals surface area contributed by atoms with Gasteiger partial charge in [-0.1, -0.05) is 40.9 Å². The number of hydrogen-bond donors (Lipinski definition) is 1. The van der Waals surface area contributed by atoms with Gasteiger partial charge in [0.1, 0.15) is 0 Å². The highest BCUT2D eigenvalue weighted by atomic mass is 79.9. The first-order chi connectivity index (χ1) is 10.5. The summed E-state index contributed by atoms with van der Waals surface area (Å²) in [6.45, 7) is 0.917. The molecule has 1 N–H and O–H groups in total. The van der Waals surface area contributed by atoms with E-state index in [1.165, 1.54) is 0 Å². The third kappa shape index (κ3) is 2.67. The molecule has 5 heteroatoms. The smallest absolute Gasteiger partial charge is 0.308 e. The van der Waals surface area contributed by atoms with Gasteiger partial charge in [0.2, 0.25) is 5.91 Å². The van der Waals surface area contributed by atoms with Gasteiger partial charge in [0.25, 0.3) is 0 Å². The Morgan fingerprint density at radius 3 is 2.36 bits per heavy atom. The molecule has 1 aromatic carbocycles. The second-order valence-electron chi connectivity index (χ2n) is 6.37. The zero-order valence-corrected chi connectivity index (χ0v) is 14.0. The van der Waals surface area contributed by atoms with Gasteiger partial charge in [0, 0.05) is 17.6 Å². The van der Waals surface area contributed by atoms with Crippen molar-refractivity contribution in [2.75, 3.05) is 13.1 Å². The minimum atomic E-state index is -0.792. The summed E-state index contributed by atoms with van der Waals surface area (Å²) in [4.78, 5) is 26.0. The van der Waals surface area contributed by atoms with Crippen LogP contribution in [0.2, 0.25) is 0 Å². The van der Waals surface area contributed by atoms with Gasteiger partial charge in [-0.2, -0.15) is 0 Å². The maximum absolute atomic E-state index is 13.1. The average Bonchev–Trinajstić information content (AvgIpc) is 3.17. The molecule has 1 aromatic rings. The van der Waals surface area contributed by atoms with E-state index in [-0.39, 0.29) is 5.91 Å². The van der Waals surface area contributed by atoms with Gasteiger partial charge in [-0.25, -0.2) is 0 Å². The van der Waals surface area contributed by atoms with E-state index < -0.39 is 17.3 Å². The van der Waals surface area contributed by atoms with E-state index >= 15 is 0 Å². The molecule has 1 aliphatic carbocycles. The van der Waals surface area contributed by atoms with E-state index in [0.29, 0.717) is 19.5 Å². The van der Waals surface area contributed by atoms with Crippen molar-refractivity contribution < 1.29 is 14.7 Å². The van der Waals surface area contributed by atoms with Crippen molar-refractivity contribution in [1.29, 1.82) is 0 Å². The molecule has 0 spiro atoms. The number of nitrogens with zero attached hydrogens (tertiary/aromatic N) is 1. The van der Waals surface area contributed by atoms with Crippen LogP contribution in [0.4, 0.5) is 0 Å². The molecule has 22 heavy (non-hydrogen) atoms. The second kappa shape index (κ2) is 6.03. The topological polar surface area (TPSA) is 57.6 Å². The number of benzene rings is 1. The Labute approximate surface area is 138 Å². The minimum Gasteiger partial charge on any atom is -0.481 e. The van der Waals surface area contributed by atoms with Crippen LogP contribution in [0.3, 0.4) is 0 Å². The van der Waals surface area contributed by atoms with Crippen LogP contribution in [-0.4, -0.2) is 35.0 Å². The lowest BCUT2D eigenvalue weighted by Crippen LogP contribution is -2.44. The highest BCUT2D eigenvalue weighted by Gasteiger charge is 2.46. The predicted octanol–water partition coefficient (Wildman–Crippen LogP) is 3.19. The molecule has 0 aromatic heterocycles. The number of carbonyl (C=O) groups excluding carboxylic acids is 1. The summed E-state index contributed by atoms with van der Waals surface area (Å²) in [6.07, 6.45) is 4.40. The second-order valence-corrected chi connectivity index (χ2v) is 7.29. The molecular weight excluding hydrogens is 346 g/mol. The number of carbonyl (C=O) groups is 2. The van der Waals surface area contributed by atoms with Crippen LogP contribution >= 0.6 is 15.9 Å². The number of carboxylic acid groups (broad SMARTS) is 1. The molecule has 2 aliphatic rings. The monoisotopic (exact) mass is 365 g/mol. The molecule has 1 unspecified atom stereocenters. The first-order valence-electron chi connectivity index (χ1n) is 7.81. The van der Waals surface area contributed by atoms with Crippen molar-refractivity contribution in [2.45, 2.75) is 37.5 Å². The molecule has 1 saturated heterocycles. The van der Waals surface area contributed by atoms with E-state index in [1.54, 1.807) is 4.90 Å². The Bertz CT molecular complexity index is 578. The van der Waals surface area contributed by atoms with Crippen LogP contribution in [0.5, 0.6) is 0 Å². The zero-order chi connectivity index (χ0) is 15.7. The summed E-state index contributed by atoms with van der Waals surface area (Å²) in [5.41, 5.74) is 0.616. The Morgan fingerprint density at radius 2 is 1.82 bits per heavy atom. The summed E-state index contributed by atoms with van der Waals surface area (Å²) in [6, 6.07) is 8.01. The van der Waals surface area contributed by atoms with E-state index in [1.807, 2.05) is 24.3 Å². The molecule has 1 aliphatic heterocycles. The first kappa shape index (κ1) is 15.5. The summed E-state index contributed by atoms with van der Waals surface area (Å²) in [5, 5.41) is 9.15. The van der Waals surface area contributed by atoms with Crippen LogP contribution in [-0.2, 0) is 15.0 Å². The van der Waals surface area contributed by atoms with Crippen molar-refractivity contribution in [3.63, 3.8) is 0 Å². The molecular formula is C17H20BrNO3. The van der Waals surface area contributed by atoms with Crippen molar-refractivity contribution in [3.05, 3.63) is 34.3 Å². The highest BCUT2D eigenvalue weighted by Crippen LogP contribution is 2.43. The number of aliphatic carboxylic acids is 1. The van der Waals surface area contributed by atoms with Gasteiger partial charge < -0.3 is 10.0 Å². The largest absolute Gasteiger partial charge is 0.481 e. The lowest BCUT2D eigenvalue weighted by Gasteiger charge is -2.33. The van der Waals surface area contributed by atoms with E-state index in [4.69, 9.17) is 5.11 Å². The van der Waals surface area contributed by atoms with E-state index in [2.05, 4.69) is 15.9 Å². The van der Waals surface area contributed by atoms with Crippen molar-refractivity contribution >= 4 is 27.8 Å².